The highest BCUT2D eigenvalue weighted by Crippen LogP contribution is 2.22. The predicted molar refractivity (Wildman–Crippen MR) is 93.3 cm³/mol. The third kappa shape index (κ3) is 3.90. The molecule has 2 heterocycles. The number of carbonyl (C=O) groups is 1. The number of H-pyrrole nitrogens is 1. The van der Waals surface area contributed by atoms with Gasteiger partial charge in [0.1, 0.15) is 5.82 Å². The molecule has 3 aromatic rings. The van der Waals surface area contributed by atoms with Crippen LogP contribution >= 0.6 is 11.8 Å². The number of nitrogens with one attached hydrogen (secondary N) is 2. The first-order chi connectivity index (χ1) is 11.1. The van der Waals surface area contributed by atoms with E-state index in [9.17, 15) is 4.79 Å². The van der Waals surface area contributed by atoms with Gasteiger partial charge in [-0.15, -0.1) is 0 Å². The topological polar surface area (TPSA) is 70.7 Å². The van der Waals surface area contributed by atoms with Gasteiger partial charge >= 0.3 is 0 Å². The van der Waals surface area contributed by atoms with E-state index in [-0.39, 0.29) is 11.9 Å². The van der Waals surface area contributed by atoms with E-state index in [4.69, 9.17) is 0 Å². The number of aromatic amines is 1. The third-order valence-electron chi connectivity index (χ3n) is 3.20. The summed E-state index contributed by atoms with van der Waals surface area (Å²) in [6.45, 7) is 3.89. The SMILES string of the molecule is CC(C)NC(=O)CSc1ccc(-c2nc3ccccc3[nH]2)cn1. The van der Waals surface area contributed by atoms with Crippen LogP contribution < -0.4 is 5.32 Å². The monoisotopic (exact) mass is 326 g/mol. The van der Waals surface area contributed by atoms with Crippen molar-refractivity contribution >= 4 is 28.7 Å². The molecule has 2 aromatic heterocycles. The quantitative estimate of drug-likeness (QED) is 0.706. The van der Waals surface area contributed by atoms with Gasteiger partial charge in [-0.05, 0) is 38.1 Å². The molecule has 0 atom stereocenters. The number of pyridine rings is 1. The number of thioether (sulfide) groups is 1. The molecule has 2 N–H and O–H groups in total. The smallest absolute Gasteiger partial charge is 0.230 e. The second-order valence-electron chi connectivity index (χ2n) is 5.50. The number of benzene rings is 1. The summed E-state index contributed by atoms with van der Waals surface area (Å²) in [6.07, 6.45) is 1.78. The van der Waals surface area contributed by atoms with Gasteiger partial charge in [0.2, 0.25) is 5.91 Å². The van der Waals surface area contributed by atoms with Gasteiger partial charge < -0.3 is 10.3 Å². The summed E-state index contributed by atoms with van der Waals surface area (Å²) in [5, 5.41) is 3.69. The minimum Gasteiger partial charge on any atom is -0.353 e. The van der Waals surface area contributed by atoms with E-state index in [0.29, 0.717) is 5.75 Å². The van der Waals surface area contributed by atoms with Crippen LogP contribution in [0.2, 0.25) is 0 Å². The van der Waals surface area contributed by atoms with Gasteiger partial charge in [-0.2, -0.15) is 0 Å². The van der Waals surface area contributed by atoms with Crippen LogP contribution in [-0.2, 0) is 4.79 Å². The Bertz CT molecular complexity index is 778. The highest BCUT2D eigenvalue weighted by Gasteiger charge is 2.07. The highest BCUT2D eigenvalue weighted by molar-refractivity contribution is 7.99. The number of para-hydroxylation sites is 2. The first kappa shape index (κ1) is 15.6. The highest BCUT2D eigenvalue weighted by atomic mass is 32.2. The molecule has 1 aromatic carbocycles. The van der Waals surface area contributed by atoms with Crippen molar-refractivity contribution in [3.8, 4) is 11.4 Å². The van der Waals surface area contributed by atoms with Crippen molar-refractivity contribution in [2.45, 2.75) is 24.9 Å². The largest absolute Gasteiger partial charge is 0.353 e. The molecular weight excluding hydrogens is 308 g/mol. The summed E-state index contributed by atoms with van der Waals surface area (Å²) < 4.78 is 0. The van der Waals surface area contributed by atoms with Gasteiger partial charge in [-0.25, -0.2) is 9.97 Å². The van der Waals surface area contributed by atoms with Crippen molar-refractivity contribution in [3.63, 3.8) is 0 Å². The lowest BCUT2D eigenvalue weighted by Gasteiger charge is -2.07. The van der Waals surface area contributed by atoms with E-state index in [2.05, 4.69) is 20.3 Å². The van der Waals surface area contributed by atoms with Crippen molar-refractivity contribution in [1.29, 1.82) is 0 Å². The summed E-state index contributed by atoms with van der Waals surface area (Å²) in [5.74, 6) is 1.19. The number of rotatable bonds is 5. The Labute approximate surface area is 138 Å². The summed E-state index contributed by atoms with van der Waals surface area (Å²) in [7, 11) is 0. The molecule has 0 aliphatic heterocycles. The molecule has 118 valence electrons. The average Bonchev–Trinajstić information content (AvgIpc) is 2.97. The normalized spacial score (nSPS) is 11.1. The summed E-state index contributed by atoms with van der Waals surface area (Å²) in [6, 6.07) is 11.9. The van der Waals surface area contributed by atoms with Crippen molar-refractivity contribution in [3.05, 3.63) is 42.6 Å². The van der Waals surface area contributed by atoms with Crippen LogP contribution in [0, 0.1) is 0 Å². The van der Waals surface area contributed by atoms with Crippen molar-refractivity contribution in [1.82, 2.24) is 20.3 Å². The summed E-state index contributed by atoms with van der Waals surface area (Å²) in [5.41, 5.74) is 2.87. The Balaban J connectivity index is 1.68. The average molecular weight is 326 g/mol. The van der Waals surface area contributed by atoms with E-state index in [0.717, 1.165) is 27.4 Å². The molecule has 3 rings (SSSR count). The Morgan fingerprint density at radius 3 is 2.78 bits per heavy atom. The van der Waals surface area contributed by atoms with Gasteiger partial charge in [-0.3, -0.25) is 4.79 Å². The minimum atomic E-state index is 0.0214. The van der Waals surface area contributed by atoms with E-state index in [1.165, 1.54) is 11.8 Å². The fourth-order valence-electron chi connectivity index (χ4n) is 2.20. The summed E-state index contributed by atoms with van der Waals surface area (Å²) in [4.78, 5) is 23.9. The number of imidazole rings is 1. The van der Waals surface area contributed by atoms with Crippen LogP contribution in [0.5, 0.6) is 0 Å². The van der Waals surface area contributed by atoms with Crippen LogP contribution in [0.3, 0.4) is 0 Å². The van der Waals surface area contributed by atoms with E-state index in [1.54, 1.807) is 6.20 Å². The van der Waals surface area contributed by atoms with Crippen LogP contribution in [0.4, 0.5) is 0 Å². The first-order valence-electron chi connectivity index (χ1n) is 7.45. The van der Waals surface area contributed by atoms with Crippen LogP contribution in [0.25, 0.3) is 22.4 Å². The van der Waals surface area contributed by atoms with Gasteiger partial charge in [0.15, 0.2) is 0 Å². The number of hydrogen-bond acceptors (Lipinski definition) is 4. The second kappa shape index (κ2) is 6.83. The Hall–Kier alpha value is -2.34. The maximum Gasteiger partial charge on any atom is 0.230 e. The van der Waals surface area contributed by atoms with E-state index < -0.39 is 0 Å². The number of hydrogen-bond donors (Lipinski definition) is 2. The Morgan fingerprint density at radius 2 is 2.09 bits per heavy atom. The van der Waals surface area contributed by atoms with Gasteiger partial charge in [0, 0.05) is 17.8 Å². The van der Waals surface area contributed by atoms with Crippen LogP contribution in [0.15, 0.2) is 47.6 Å². The standard InChI is InChI=1S/C17H18N4OS/c1-11(2)19-15(22)10-23-16-8-7-12(9-18-16)17-20-13-5-3-4-6-14(13)21-17/h3-9,11H,10H2,1-2H3,(H,19,22)(H,20,21). The molecule has 23 heavy (non-hydrogen) atoms. The molecule has 5 nitrogen and oxygen atoms in total. The van der Waals surface area contributed by atoms with Gasteiger partial charge in [-0.1, -0.05) is 23.9 Å². The van der Waals surface area contributed by atoms with E-state index >= 15 is 0 Å². The fraction of sp³-hybridized carbons (Fsp3) is 0.235. The number of carbonyl (C=O) groups excluding carboxylic acids is 1. The second-order valence-corrected chi connectivity index (χ2v) is 6.49. The van der Waals surface area contributed by atoms with Gasteiger partial charge in [0.05, 0.1) is 21.8 Å². The lowest BCUT2D eigenvalue weighted by molar-refractivity contribution is -0.119. The Morgan fingerprint density at radius 1 is 1.26 bits per heavy atom. The molecule has 0 aliphatic carbocycles. The molecule has 0 fully saturated rings. The third-order valence-corrected chi connectivity index (χ3v) is 4.14. The number of amides is 1. The first-order valence-corrected chi connectivity index (χ1v) is 8.44. The molecule has 6 heteroatoms. The van der Waals surface area contributed by atoms with Gasteiger partial charge in [0.25, 0.3) is 0 Å². The van der Waals surface area contributed by atoms with Crippen molar-refractivity contribution in [2.24, 2.45) is 0 Å². The molecular formula is C17H18N4OS. The molecule has 0 unspecified atom stereocenters. The number of nitrogens with zero attached hydrogens (tertiary/aromatic N) is 2. The van der Waals surface area contributed by atoms with Crippen LogP contribution in [-0.4, -0.2) is 32.7 Å². The maximum absolute atomic E-state index is 11.6. The zero-order chi connectivity index (χ0) is 16.2. The predicted octanol–water partition coefficient (Wildman–Crippen LogP) is 3.24. The Kier molecular flexibility index (Phi) is 4.62. The van der Waals surface area contributed by atoms with Crippen molar-refractivity contribution in [2.75, 3.05) is 5.75 Å². The number of fused-ring (bicyclic) bond motifs is 1. The molecule has 0 bridgehead atoms. The molecule has 0 radical (unpaired) electrons. The molecule has 1 amide bonds. The molecule has 0 saturated heterocycles. The van der Waals surface area contributed by atoms with Crippen molar-refractivity contribution < 1.29 is 4.79 Å². The van der Waals surface area contributed by atoms with Crippen LogP contribution in [0.1, 0.15) is 13.8 Å². The molecule has 0 spiro atoms. The molecule has 0 aliphatic rings. The van der Waals surface area contributed by atoms with E-state index in [1.807, 2.05) is 50.2 Å². The summed E-state index contributed by atoms with van der Waals surface area (Å²) >= 11 is 1.43. The minimum absolute atomic E-state index is 0.0214. The number of aromatic nitrogens is 3. The fourth-order valence-corrected chi connectivity index (χ4v) is 2.85. The zero-order valence-electron chi connectivity index (χ0n) is 13.0. The molecule has 0 saturated carbocycles. The maximum atomic E-state index is 11.6. The lowest BCUT2D eigenvalue weighted by atomic mass is 10.3. The lowest BCUT2D eigenvalue weighted by Crippen LogP contribution is -2.31. The zero-order valence-corrected chi connectivity index (χ0v) is 13.9.